The van der Waals surface area contributed by atoms with Crippen molar-refractivity contribution >= 4 is 29.3 Å². The van der Waals surface area contributed by atoms with Gasteiger partial charge in [-0.25, -0.2) is 4.79 Å². The standard InChI is InChI=1S/C19H16N2O5/c1-10(22)20-16(19(25)26)9-17(23)21-11-6-7-13-12-4-2-3-5-14(12)18(24)15(13)8-11/h2-8,16H,9H2,1H3,(H,20,22)(H,21,23)(H,25,26). The van der Waals surface area contributed by atoms with Crippen molar-refractivity contribution in [3.8, 4) is 11.1 Å². The highest BCUT2D eigenvalue weighted by Crippen LogP contribution is 2.37. The molecule has 1 unspecified atom stereocenters. The van der Waals surface area contributed by atoms with Gasteiger partial charge in [0.05, 0.1) is 6.42 Å². The Bertz CT molecular complexity index is 935. The van der Waals surface area contributed by atoms with E-state index in [0.29, 0.717) is 16.8 Å². The first kappa shape index (κ1) is 17.3. The van der Waals surface area contributed by atoms with Crippen molar-refractivity contribution < 1.29 is 24.3 Å². The fourth-order valence-corrected chi connectivity index (χ4v) is 2.95. The number of aliphatic carboxylic acids is 1. The summed E-state index contributed by atoms with van der Waals surface area (Å²) in [5.41, 5.74) is 3.14. The summed E-state index contributed by atoms with van der Waals surface area (Å²) in [6, 6.07) is 10.9. The van der Waals surface area contributed by atoms with Crippen molar-refractivity contribution in [3.05, 3.63) is 53.6 Å². The maximum atomic E-state index is 12.5. The second kappa shape index (κ2) is 6.79. The first-order valence-corrected chi connectivity index (χ1v) is 7.94. The van der Waals surface area contributed by atoms with Crippen molar-refractivity contribution in [3.63, 3.8) is 0 Å². The van der Waals surface area contributed by atoms with Crippen molar-refractivity contribution in [1.29, 1.82) is 0 Å². The van der Waals surface area contributed by atoms with Gasteiger partial charge < -0.3 is 15.7 Å². The van der Waals surface area contributed by atoms with E-state index in [1.54, 1.807) is 30.3 Å². The van der Waals surface area contributed by atoms with E-state index in [9.17, 15) is 19.2 Å². The smallest absolute Gasteiger partial charge is 0.326 e. The second-order valence-electron chi connectivity index (χ2n) is 5.98. The molecule has 1 atom stereocenters. The number of anilines is 1. The van der Waals surface area contributed by atoms with Gasteiger partial charge in [-0.1, -0.05) is 30.3 Å². The van der Waals surface area contributed by atoms with Crippen LogP contribution in [0.15, 0.2) is 42.5 Å². The Hall–Kier alpha value is -3.48. The number of fused-ring (bicyclic) bond motifs is 3. The molecule has 7 heteroatoms. The maximum absolute atomic E-state index is 12.5. The molecule has 0 saturated heterocycles. The zero-order valence-corrected chi connectivity index (χ0v) is 13.9. The van der Waals surface area contributed by atoms with Gasteiger partial charge in [0.15, 0.2) is 5.78 Å². The number of nitrogens with one attached hydrogen (secondary N) is 2. The summed E-state index contributed by atoms with van der Waals surface area (Å²) in [5.74, 6) is -2.52. The van der Waals surface area contributed by atoms with E-state index in [-0.39, 0.29) is 5.78 Å². The van der Waals surface area contributed by atoms with Gasteiger partial charge in [0.2, 0.25) is 11.8 Å². The molecule has 1 aliphatic rings. The summed E-state index contributed by atoms with van der Waals surface area (Å²) in [6.07, 6.45) is -0.416. The molecule has 0 fully saturated rings. The van der Waals surface area contributed by atoms with Crippen molar-refractivity contribution in [2.45, 2.75) is 19.4 Å². The summed E-state index contributed by atoms with van der Waals surface area (Å²) in [4.78, 5) is 46.7. The highest BCUT2D eigenvalue weighted by molar-refractivity contribution is 6.22. The van der Waals surface area contributed by atoms with E-state index < -0.39 is 30.2 Å². The third-order valence-corrected chi connectivity index (χ3v) is 4.07. The van der Waals surface area contributed by atoms with Gasteiger partial charge in [-0.15, -0.1) is 0 Å². The quantitative estimate of drug-likeness (QED) is 0.648. The van der Waals surface area contributed by atoms with Gasteiger partial charge in [-0.05, 0) is 23.3 Å². The van der Waals surface area contributed by atoms with E-state index in [1.165, 1.54) is 6.92 Å². The van der Waals surface area contributed by atoms with Crippen LogP contribution in [-0.2, 0) is 14.4 Å². The first-order chi connectivity index (χ1) is 12.4. The van der Waals surface area contributed by atoms with E-state index in [0.717, 1.165) is 11.1 Å². The Kier molecular flexibility index (Phi) is 4.53. The number of rotatable bonds is 5. The average Bonchev–Trinajstić information content (AvgIpc) is 2.87. The number of ketones is 1. The lowest BCUT2D eigenvalue weighted by molar-refractivity contribution is -0.142. The molecule has 0 aromatic heterocycles. The molecule has 3 rings (SSSR count). The summed E-state index contributed by atoms with van der Waals surface area (Å²) in [6.45, 7) is 1.18. The van der Waals surface area contributed by atoms with Gasteiger partial charge in [-0.2, -0.15) is 0 Å². The van der Waals surface area contributed by atoms with E-state index in [1.807, 2.05) is 12.1 Å². The number of amides is 2. The van der Waals surface area contributed by atoms with Crippen LogP contribution in [0.25, 0.3) is 11.1 Å². The number of hydrogen-bond acceptors (Lipinski definition) is 4. The molecular weight excluding hydrogens is 336 g/mol. The van der Waals surface area contributed by atoms with E-state index >= 15 is 0 Å². The van der Waals surface area contributed by atoms with Crippen LogP contribution in [0.3, 0.4) is 0 Å². The Morgan fingerprint density at radius 3 is 2.31 bits per heavy atom. The molecule has 0 radical (unpaired) electrons. The predicted molar refractivity (Wildman–Crippen MR) is 93.8 cm³/mol. The third kappa shape index (κ3) is 3.32. The minimum absolute atomic E-state index is 0.117. The molecule has 3 N–H and O–H groups in total. The summed E-state index contributed by atoms with van der Waals surface area (Å²) in [5, 5.41) is 13.8. The molecule has 0 bridgehead atoms. The minimum atomic E-state index is -1.31. The number of carbonyl (C=O) groups excluding carboxylic acids is 3. The molecule has 2 aromatic carbocycles. The average molecular weight is 352 g/mol. The molecular formula is C19H16N2O5. The molecule has 1 aliphatic carbocycles. The number of carboxylic acids is 1. The van der Waals surface area contributed by atoms with Crippen LogP contribution in [0, 0.1) is 0 Å². The minimum Gasteiger partial charge on any atom is -0.480 e. The molecule has 0 spiro atoms. The molecule has 26 heavy (non-hydrogen) atoms. The van der Waals surface area contributed by atoms with Crippen molar-refractivity contribution in [2.75, 3.05) is 5.32 Å². The summed E-state index contributed by atoms with van der Waals surface area (Å²) in [7, 11) is 0. The fraction of sp³-hybridized carbons (Fsp3) is 0.158. The molecule has 132 valence electrons. The number of hydrogen-bond donors (Lipinski definition) is 3. The molecule has 0 saturated carbocycles. The monoisotopic (exact) mass is 352 g/mol. The first-order valence-electron chi connectivity index (χ1n) is 7.94. The topological polar surface area (TPSA) is 113 Å². The van der Waals surface area contributed by atoms with Crippen LogP contribution < -0.4 is 10.6 Å². The van der Waals surface area contributed by atoms with Gasteiger partial charge in [0.1, 0.15) is 6.04 Å². The SMILES string of the molecule is CC(=O)NC(CC(=O)Nc1ccc2c(c1)C(=O)c1ccccc1-2)C(=O)O. The zero-order chi connectivity index (χ0) is 18.8. The van der Waals surface area contributed by atoms with Gasteiger partial charge in [-0.3, -0.25) is 14.4 Å². The predicted octanol–water partition coefficient (Wildman–Crippen LogP) is 1.82. The van der Waals surface area contributed by atoms with Crippen LogP contribution in [0.4, 0.5) is 5.69 Å². The normalized spacial score (nSPS) is 12.7. The van der Waals surface area contributed by atoms with Gasteiger partial charge >= 0.3 is 5.97 Å². The summed E-state index contributed by atoms with van der Waals surface area (Å²) < 4.78 is 0. The Morgan fingerprint density at radius 2 is 1.65 bits per heavy atom. The van der Waals surface area contributed by atoms with Crippen LogP contribution in [0.5, 0.6) is 0 Å². The largest absolute Gasteiger partial charge is 0.480 e. The molecule has 7 nitrogen and oxygen atoms in total. The lowest BCUT2D eigenvalue weighted by atomic mass is 10.1. The highest BCUT2D eigenvalue weighted by atomic mass is 16.4. The Morgan fingerprint density at radius 1 is 1.00 bits per heavy atom. The van der Waals surface area contributed by atoms with E-state index in [2.05, 4.69) is 10.6 Å². The Balaban J connectivity index is 1.76. The van der Waals surface area contributed by atoms with Crippen LogP contribution in [0.1, 0.15) is 29.3 Å². The molecule has 0 aliphatic heterocycles. The molecule has 2 amide bonds. The third-order valence-electron chi connectivity index (χ3n) is 4.07. The molecule has 2 aromatic rings. The summed E-state index contributed by atoms with van der Waals surface area (Å²) >= 11 is 0. The van der Waals surface area contributed by atoms with Crippen molar-refractivity contribution in [2.24, 2.45) is 0 Å². The fourth-order valence-electron chi connectivity index (χ4n) is 2.95. The lowest BCUT2D eigenvalue weighted by Crippen LogP contribution is -2.42. The van der Waals surface area contributed by atoms with E-state index in [4.69, 9.17) is 5.11 Å². The van der Waals surface area contributed by atoms with Crippen LogP contribution in [-0.4, -0.2) is 34.7 Å². The van der Waals surface area contributed by atoms with Crippen LogP contribution >= 0.6 is 0 Å². The number of benzene rings is 2. The number of carbonyl (C=O) groups is 4. The van der Waals surface area contributed by atoms with Gasteiger partial charge in [0, 0.05) is 23.7 Å². The highest BCUT2D eigenvalue weighted by Gasteiger charge is 2.27. The molecule has 0 heterocycles. The maximum Gasteiger partial charge on any atom is 0.326 e. The van der Waals surface area contributed by atoms with Crippen LogP contribution in [0.2, 0.25) is 0 Å². The lowest BCUT2D eigenvalue weighted by Gasteiger charge is -2.13. The zero-order valence-electron chi connectivity index (χ0n) is 13.9. The Labute approximate surface area is 149 Å². The van der Waals surface area contributed by atoms with Crippen molar-refractivity contribution in [1.82, 2.24) is 5.32 Å². The number of carboxylic acid groups (broad SMARTS) is 1. The van der Waals surface area contributed by atoms with Gasteiger partial charge in [0.25, 0.3) is 0 Å². The second-order valence-corrected chi connectivity index (χ2v) is 5.98.